The van der Waals surface area contributed by atoms with E-state index in [-0.39, 0.29) is 5.91 Å². The average Bonchev–Trinajstić information content (AvgIpc) is 2.69. The van der Waals surface area contributed by atoms with Crippen LogP contribution >= 0.6 is 11.3 Å². The van der Waals surface area contributed by atoms with E-state index in [4.69, 9.17) is 5.26 Å². The Hall–Kier alpha value is -2.19. The lowest BCUT2D eigenvalue weighted by Crippen LogP contribution is -2.14. The molecule has 1 heterocycles. The van der Waals surface area contributed by atoms with Gasteiger partial charge in [0.25, 0.3) is 5.91 Å². The van der Waals surface area contributed by atoms with E-state index in [1.165, 1.54) is 11.3 Å². The maximum Gasteiger partial charge on any atom is 0.275 e. The quantitative estimate of drug-likeness (QED) is 0.899. The van der Waals surface area contributed by atoms with Crippen LogP contribution < -0.4 is 5.32 Å². The van der Waals surface area contributed by atoms with Gasteiger partial charge >= 0.3 is 0 Å². The van der Waals surface area contributed by atoms with Gasteiger partial charge in [0.05, 0.1) is 16.3 Å². The second-order valence-corrected chi connectivity index (χ2v) is 5.16. The number of hydrogen-bond acceptors (Lipinski definition) is 4. The number of rotatable bonds is 2. The summed E-state index contributed by atoms with van der Waals surface area (Å²) in [6.45, 7) is 3.72. The molecular weight excluding hydrogens is 246 g/mol. The summed E-state index contributed by atoms with van der Waals surface area (Å²) in [6, 6.07) is 8.93. The van der Waals surface area contributed by atoms with Gasteiger partial charge in [-0.3, -0.25) is 4.79 Å². The summed E-state index contributed by atoms with van der Waals surface area (Å²) in [4.78, 5) is 17.1. The molecule has 0 radical (unpaired) electrons. The standard InChI is InChI=1S/C13H11N3OS/c1-8-12(15-9(2)18-8)13(17)16-11-6-4-3-5-10(11)7-14/h3-6H,1-2H3,(H,16,17). The van der Waals surface area contributed by atoms with Gasteiger partial charge in [0.1, 0.15) is 11.8 Å². The lowest BCUT2D eigenvalue weighted by molar-refractivity contribution is 0.102. The molecule has 0 saturated carbocycles. The number of carbonyl (C=O) groups excluding carboxylic acids is 1. The summed E-state index contributed by atoms with van der Waals surface area (Å²) < 4.78 is 0. The van der Waals surface area contributed by atoms with Crippen molar-refractivity contribution in [2.24, 2.45) is 0 Å². The maximum absolute atomic E-state index is 12.0. The monoisotopic (exact) mass is 257 g/mol. The number of carbonyl (C=O) groups is 1. The Morgan fingerprint density at radius 2 is 2.11 bits per heavy atom. The van der Waals surface area contributed by atoms with Gasteiger partial charge in [-0.25, -0.2) is 4.98 Å². The number of amides is 1. The Kier molecular flexibility index (Phi) is 3.40. The first-order valence-corrected chi connectivity index (χ1v) is 6.18. The molecule has 0 unspecified atom stereocenters. The first kappa shape index (κ1) is 12.3. The number of nitrogens with zero attached hydrogens (tertiary/aromatic N) is 2. The van der Waals surface area contributed by atoms with Crippen LogP contribution in [0.4, 0.5) is 5.69 Å². The van der Waals surface area contributed by atoms with Crippen LogP contribution in [-0.4, -0.2) is 10.9 Å². The van der Waals surface area contributed by atoms with Crippen molar-refractivity contribution in [1.82, 2.24) is 4.98 Å². The molecule has 2 rings (SSSR count). The van der Waals surface area contributed by atoms with Gasteiger partial charge in [-0.05, 0) is 26.0 Å². The van der Waals surface area contributed by atoms with Crippen LogP contribution in [0.15, 0.2) is 24.3 Å². The van der Waals surface area contributed by atoms with Crippen molar-refractivity contribution in [3.63, 3.8) is 0 Å². The summed E-state index contributed by atoms with van der Waals surface area (Å²) in [5.74, 6) is -0.278. The molecule has 0 saturated heterocycles. The summed E-state index contributed by atoms with van der Waals surface area (Å²) >= 11 is 1.48. The molecule has 2 aromatic rings. The highest BCUT2D eigenvalue weighted by molar-refractivity contribution is 7.11. The molecule has 0 aliphatic rings. The van der Waals surface area contributed by atoms with E-state index in [9.17, 15) is 4.79 Å². The number of aromatic nitrogens is 1. The first-order chi connectivity index (χ1) is 8.61. The van der Waals surface area contributed by atoms with E-state index in [1.54, 1.807) is 24.3 Å². The molecule has 0 bridgehead atoms. The number of para-hydroxylation sites is 1. The van der Waals surface area contributed by atoms with Crippen LogP contribution in [0.25, 0.3) is 0 Å². The fraction of sp³-hybridized carbons (Fsp3) is 0.154. The van der Waals surface area contributed by atoms with Crippen LogP contribution in [0.3, 0.4) is 0 Å². The lowest BCUT2D eigenvalue weighted by atomic mass is 10.2. The van der Waals surface area contributed by atoms with Gasteiger partial charge in [0, 0.05) is 4.88 Å². The molecule has 0 atom stereocenters. The zero-order valence-corrected chi connectivity index (χ0v) is 10.8. The van der Waals surface area contributed by atoms with Gasteiger partial charge in [-0.1, -0.05) is 12.1 Å². The van der Waals surface area contributed by atoms with E-state index in [0.29, 0.717) is 16.9 Å². The van der Waals surface area contributed by atoms with E-state index >= 15 is 0 Å². The van der Waals surface area contributed by atoms with Crippen molar-refractivity contribution in [3.8, 4) is 6.07 Å². The van der Waals surface area contributed by atoms with Gasteiger partial charge in [0.2, 0.25) is 0 Å². The number of hydrogen-bond donors (Lipinski definition) is 1. The summed E-state index contributed by atoms with van der Waals surface area (Å²) in [5.41, 5.74) is 1.37. The highest BCUT2D eigenvalue weighted by Gasteiger charge is 2.15. The number of aryl methyl sites for hydroxylation is 2. The molecule has 0 aliphatic heterocycles. The minimum absolute atomic E-state index is 0.278. The number of nitrogens with one attached hydrogen (secondary N) is 1. The predicted octanol–water partition coefficient (Wildman–Crippen LogP) is 2.88. The van der Waals surface area contributed by atoms with E-state index in [0.717, 1.165) is 9.88 Å². The van der Waals surface area contributed by atoms with Gasteiger partial charge < -0.3 is 5.32 Å². The molecule has 4 nitrogen and oxygen atoms in total. The van der Waals surface area contributed by atoms with Crippen molar-refractivity contribution >= 4 is 22.9 Å². The fourth-order valence-corrected chi connectivity index (χ4v) is 2.43. The molecule has 1 aromatic heterocycles. The summed E-state index contributed by atoms with van der Waals surface area (Å²) in [5, 5.41) is 12.5. The fourth-order valence-electron chi connectivity index (χ4n) is 1.61. The van der Waals surface area contributed by atoms with E-state index in [2.05, 4.69) is 10.3 Å². The molecule has 1 N–H and O–H groups in total. The molecular formula is C13H11N3OS. The van der Waals surface area contributed by atoms with Crippen LogP contribution in [0.2, 0.25) is 0 Å². The van der Waals surface area contributed by atoms with Crippen molar-refractivity contribution < 1.29 is 4.79 Å². The van der Waals surface area contributed by atoms with Gasteiger partial charge in [-0.15, -0.1) is 11.3 Å². The average molecular weight is 257 g/mol. The molecule has 90 valence electrons. The SMILES string of the molecule is Cc1nc(C(=O)Nc2ccccc2C#N)c(C)s1. The molecule has 18 heavy (non-hydrogen) atoms. The maximum atomic E-state index is 12.0. The molecule has 0 aliphatic carbocycles. The van der Waals surface area contributed by atoms with Crippen LogP contribution in [0.1, 0.15) is 25.9 Å². The van der Waals surface area contributed by atoms with Crippen LogP contribution in [0.5, 0.6) is 0 Å². The third-order valence-electron chi connectivity index (χ3n) is 2.41. The van der Waals surface area contributed by atoms with Crippen molar-refractivity contribution in [3.05, 3.63) is 45.4 Å². The Balaban J connectivity index is 2.27. The number of thiazole rings is 1. The molecule has 5 heteroatoms. The first-order valence-electron chi connectivity index (χ1n) is 5.36. The van der Waals surface area contributed by atoms with Crippen molar-refractivity contribution in [1.29, 1.82) is 5.26 Å². The topological polar surface area (TPSA) is 65.8 Å². The summed E-state index contributed by atoms with van der Waals surface area (Å²) in [6.07, 6.45) is 0. The minimum Gasteiger partial charge on any atom is -0.319 e. The highest BCUT2D eigenvalue weighted by Crippen LogP contribution is 2.19. The third kappa shape index (κ3) is 2.39. The lowest BCUT2D eigenvalue weighted by Gasteiger charge is -2.05. The third-order valence-corrected chi connectivity index (χ3v) is 3.30. The molecule has 1 amide bonds. The highest BCUT2D eigenvalue weighted by atomic mass is 32.1. The predicted molar refractivity (Wildman–Crippen MR) is 70.7 cm³/mol. The molecule has 0 spiro atoms. The number of benzene rings is 1. The minimum atomic E-state index is -0.278. The van der Waals surface area contributed by atoms with E-state index in [1.807, 2.05) is 19.9 Å². The second kappa shape index (κ2) is 4.98. The Morgan fingerprint density at radius 1 is 1.39 bits per heavy atom. The van der Waals surface area contributed by atoms with Gasteiger partial charge in [0.15, 0.2) is 0 Å². The van der Waals surface area contributed by atoms with Crippen molar-refractivity contribution in [2.75, 3.05) is 5.32 Å². The Bertz CT molecular complexity index is 640. The molecule has 1 aromatic carbocycles. The normalized spacial score (nSPS) is 9.83. The molecule has 0 fully saturated rings. The van der Waals surface area contributed by atoms with Crippen molar-refractivity contribution in [2.45, 2.75) is 13.8 Å². The van der Waals surface area contributed by atoms with Gasteiger partial charge in [-0.2, -0.15) is 5.26 Å². The smallest absolute Gasteiger partial charge is 0.275 e. The zero-order chi connectivity index (χ0) is 13.1. The number of nitriles is 1. The number of anilines is 1. The van der Waals surface area contributed by atoms with Crippen LogP contribution in [0, 0.1) is 25.2 Å². The Morgan fingerprint density at radius 3 is 2.72 bits per heavy atom. The zero-order valence-electron chi connectivity index (χ0n) is 10.0. The summed E-state index contributed by atoms with van der Waals surface area (Å²) in [7, 11) is 0. The van der Waals surface area contributed by atoms with Crippen LogP contribution in [-0.2, 0) is 0 Å². The second-order valence-electron chi connectivity index (χ2n) is 3.75. The Labute approximate surface area is 109 Å². The van der Waals surface area contributed by atoms with E-state index < -0.39 is 0 Å². The largest absolute Gasteiger partial charge is 0.319 e.